The lowest BCUT2D eigenvalue weighted by Crippen LogP contribution is -2.45. The number of anilines is 1. The molecular formula is C11H12N4O3S. The summed E-state index contributed by atoms with van der Waals surface area (Å²) in [5.74, 6) is 0.360. The molecule has 0 saturated carbocycles. The number of urea groups is 1. The van der Waals surface area contributed by atoms with E-state index in [1.807, 2.05) is 0 Å². The highest BCUT2D eigenvalue weighted by atomic mass is 32.1. The SMILES string of the molecule is COc1ccc(NC(=S)NN2CC(=O)NC2=O)cc1. The van der Waals surface area contributed by atoms with Gasteiger partial charge >= 0.3 is 6.03 Å². The van der Waals surface area contributed by atoms with Gasteiger partial charge < -0.3 is 10.1 Å². The molecule has 0 radical (unpaired) electrons. The minimum Gasteiger partial charge on any atom is -0.497 e. The second-order valence-electron chi connectivity index (χ2n) is 3.73. The zero-order chi connectivity index (χ0) is 13.8. The lowest BCUT2D eigenvalue weighted by Gasteiger charge is -2.17. The summed E-state index contributed by atoms with van der Waals surface area (Å²) < 4.78 is 5.03. The van der Waals surface area contributed by atoms with Crippen molar-refractivity contribution in [2.24, 2.45) is 0 Å². The number of nitrogens with one attached hydrogen (secondary N) is 3. The molecule has 1 saturated heterocycles. The second kappa shape index (κ2) is 5.53. The summed E-state index contributed by atoms with van der Waals surface area (Å²) >= 11 is 5.04. The quantitative estimate of drug-likeness (QED) is 0.551. The second-order valence-corrected chi connectivity index (χ2v) is 4.14. The molecule has 1 aromatic rings. The topological polar surface area (TPSA) is 82.7 Å². The van der Waals surface area contributed by atoms with Crippen molar-refractivity contribution < 1.29 is 14.3 Å². The van der Waals surface area contributed by atoms with E-state index in [4.69, 9.17) is 17.0 Å². The van der Waals surface area contributed by atoms with E-state index in [9.17, 15) is 9.59 Å². The van der Waals surface area contributed by atoms with Crippen LogP contribution in [0.25, 0.3) is 0 Å². The number of carbonyl (C=O) groups is 2. The van der Waals surface area contributed by atoms with Gasteiger partial charge in [-0.05, 0) is 36.5 Å². The van der Waals surface area contributed by atoms with E-state index >= 15 is 0 Å². The molecule has 0 aliphatic carbocycles. The van der Waals surface area contributed by atoms with Gasteiger partial charge in [-0.2, -0.15) is 0 Å². The zero-order valence-corrected chi connectivity index (χ0v) is 10.9. The molecule has 1 heterocycles. The number of hydrogen-bond donors (Lipinski definition) is 3. The summed E-state index contributed by atoms with van der Waals surface area (Å²) in [5.41, 5.74) is 3.37. The van der Waals surface area contributed by atoms with E-state index in [2.05, 4.69) is 16.1 Å². The average molecular weight is 280 g/mol. The number of rotatable bonds is 3. The Morgan fingerprint density at radius 3 is 2.58 bits per heavy atom. The standard InChI is InChI=1S/C11H12N4O3S/c1-18-8-4-2-7(3-5-8)12-10(19)14-15-6-9(16)13-11(15)17/h2-5H,6H2,1H3,(H2,12,14,19)(H,13,16,17). The maximum absolute atomic E-state index is 11.3. The first-order valence-corrected chi connectivity index (χ1v) is 5.82. The summed E-state index contributed by atoms with van der Waals surface area (Å²) in [4.78, 5) is 22.3. The van der Waals surface area contributed by atoms with E-state index < -0.39 is 6.03 Å². The predicted octanol–water partition coefficient (Wildman–Crippen LogP) is 0.448. The van der Waals surface area contributed by atoms with Gasteiger partial charge in [-0.25, -0.2) is 9.80 Å². The number of amides is 3. The van der Waals surface area contributed by atoms with Crippen molar-refractivity contribution in [3.63, 3.8) is 0 Å². The molecule has 1 fully saturated rings. The highest BCUT2D eigenvalue weighted by Crippen LogP contribution is 2.14. The Bertz CT molecular complexity index is 517. The minimum atomic E-state index is -0.524. The van der Waals surface area contributed by atoms with E-state index in [1.54, 1.807) is 31.4 Å². The van der Waals surface area contributed by atoms with Gasteiger partial charge in [0.05, 0.1) is 7.11 Å². The predicted molar refractivity (Wildman–Crippen MR) is 72.6 cm³/mol. The fourth-order valence-electron chi connectivity index (χ4n) is 1.49. The molecule has 0 spiro atoms. The summed E-state index contributed by atoms with van der Waals surface area (Å²) in [6, 6.07) is 6.59. The van der Waals surface area contributed by atoms with Crippen molar-refractivity contribution in [2.45, 2.75) is 0 Å². The van der Waals surface area contributed by atoms with Gasteiger partial charge in [-0.1, -0.05) is 0 Å². The Morgan fingerprint density at radius 1 is 1.37 bits per heavy atom. The molecule has 19 heavy (non-hydrogen) atoms. The van der Waals surface area contributed by atoms with Crippen molar-refractivity contribution >= 4 is 35.0 Å². The number of hydrogen-bond acceptors (Lipinski definition) is 4. The molecule has 1 aliphatic heterocycles. The Kier molecular flexibility index (Phi) is 3.81. The first-order chi connectivity index (χ1) is 9.08. The third kappa shape index (κ3) is 3.32. The summed E-state index contributed by atoms with van der Waals surface area (Å²) in [6.45, 7) is -0.0662. The normalized spacial score (nSPS) is 14.1. The van der Waals surface area contributed by atoms with Crippen LogP contribution in [0.1, 0.15) is 0 Å². The highest BCUT2D eigenvalue weighted by Gasteiger charge is 2.27. The molecular weight excluding hydrogens is 268 g/mol. The van der Waals surface area contributed by atoms with Crippen LogP contribution in [-0.2, 0) is 4.79 Å². The molecule has 0 bridgehead atoms. The first kappa shape index (κ1) is 13.1. The van der Waals surface area contributed by atoms with Crippen LogP contribution in [0, 0.1) is 0 Å². The van der Waals surface area contributed by atoms with Gasteiger partial charge in [-0.15, -0.1) is 0 Å². The van der Waals surface area contributed by atoms with Crippen LogP contribution in [-0.4, -0.2) is 35.7 Å². The van der Waals surface area contributed by atoms with Gasteiger partial charge in [0, 0.05) is 5.69 Å². The minimum absolute atomic E-state index is 0.0662. The Balaban J connectivity index is 1.90. The molecule has 0 atom stereocenters. The van der Waals surface area contributed by atoms with Crippen molar-refractivity contribution in [3.8, 4) is 5.75 Å². The van der Waals surface area contributed by atoms with Crippen LogP contribution in [0.15, 0.2) is 24.3 Å². The number of benzene rings is 1. The summed E-state index contributed by atoms with van der Waals surface area (Å²) in [5, 5.41) is 6.34. The molecule has 7 nitrogen and oxygen atoms in total. The Labute approximate surface area is 114 Å². The van der Waals surface area contributed by atoms with Crippen molar-refractivity contribution in [1.29, 1.82) is 0 Å². The van der Waals surface area contributed by atoms with Crippen LogP contribution < -0.4 is 20.8 Å². The van der Waals surface area contributed by atoms with Crippen molar-refractivity contribution in [1.82, 2.24) is 15.8 Å². The van der Waals surface area contributed by atoms with E-state index in [0.29, 0.717) is 0 Å². The van der Waals surface area contributed by atoms with Crippen molar-refractivity contribution in [3.05, 3.63) is 24.3 Å². The maximum Gasteiger partial charge on any atom is 0.343 e. The van der Waals surface area contributed by atoms with Gasteiger partial charge in [-0.3, -0.25) is 15.5 Å². The number of imide groups is 1. The lowest BCUT2D eigenvalue weighted by atomic mass is 10.3. The summed E-state index contributed by atoms with van der Waals surface area (Å²) in [6.07, 6.45) is 0. The van der Waals surface area contributed by atoms with E-state index in [-0.39, 0.29) is 17.6 Å². The fourth-order valence-corrected chi connectivity index (χ4v) is 1.72. The van der Waals surface area contributed by atoms with E-state index in [1.165, 1.54) is 0 Å². The van der Waals surface area contributed by atoms with Crippen LogP contribution in [0.5, 0.6) is 5.75 Å². The molecule has 1 aromatic carbocycles. The van der Waals surface area contributed by atoms with E-state index in [0.717, 1.165) is 16.4 Å². The highest BCUT2D eigenvalue weighted by molar-refractivity contribution is 7.80. The third-order valence-electron chi connectivity index (χ3n) is 2.38. The van der Waals surface area contributed by atoms with Gasteiger partial charge in [0.15, 0.2) is 5.11 Å². The number of carbonyl (C=O) groups excluding carboxylic acids is 2. The number of ether oxygens (including phenoxy) is 1. The number of nitrogens with zero attached hydrogens (tertiary/aromatic N) is 1. The Hall–Kier alpha value is -2.35. The number of thiocarbonyl (C=S) groups is 1. The van der Waals surface area contributed by atoms with Gasteiger partial charge in [0.2, 0.25) is 5.91 Å². The van der Waals surface area contributed by atoms with Crippen LogP contribution in [0.3, 0.4) is 0 Å². The summed E-state index contributed by atoms with van der Waals surface area (Å²) in [7, 11) is 1.58. The molecule has 0 unspecified atom stereocenters. The molecule has 3 amide bonds. The largest absolute Gasteiger partial charge is 0.497 e. The van der Waals surface area contributed by atoms with Crippen LogP contribution in [0.2, 0.25) is 0 Å². The molecule has 2 rings (SSSR count). The van der Waals surface area contributed by atoms with Crippen molar-refractivity contribution in [2.75, 3.05) is 19.0 Å². The molecule has 1 aliphatic rings. The van der Waals surface area contributed by atoms with Crippen LogP contribution >= 0.6 is 12.2 Å². The molecule has 100 valence electrons. The van der Waals surface area contributed by atoms with Crippen LogP contribution in [0.4, 0.5) is 10.5 Å². The number of methoxy groups -OCH3 is 1. The lowest BCUT2D eigenvalue weighted by molar-refractivity contribution is -0.118. The Morgan fingerprint density at radius 2 is 2.05 bits per heavy atom. The maximum atomic E-state index is 11.3. The number of hydrazine groups is 1. The zero-order valence-electron chi connectivity index (χ0n) is 10.1. The molecule has 8 heteroatoms. The monoisotopic (exact) mass is 280 g/mol. The average Bonchev–Trinajstić information content (AvgIpc) is 2.68. The van der Waals surface area contributed by atoms with Gasteiger partial charge in [0.25, 0.3) is 0 Å². The molecule has 0 aromatic heterocycles. The first-order valence-electron chi connectivity index (χ1n) is 5.41. The third-order valence-corrected chi connectivity index (χ3v) is 2.57. The van der Waals surface area contributed by atoms with Gasteiger partial charge in [0.1, 0.15) is 12.3 Å². The fraction of sp³-hybridized carbons (Fsp3) is 0.182. The smallest absolute Gasteiger partial charge is 0.343 e. The molecule has 3 N–H and O–H groups in total.